The normalized spacial score (nSPS) is 22.0. The van der Waals surface area contributed by atoms with Gasteiger partial charge in [-0.05, 0) is 49.9 Å². The third-order valence-corrected chi connectivity index (χ3v) is 6.23. The number of carbonyl (C=O) groups excluding carboxylic acids is 1. The molecule has 142 valence electrons. The number of halogens is 3. The van der Waals surface area contributed by atoms with Gasteiger partial charge in [0.25, 0.3) is 5.91 Å². The molecule has 4 rings (SSSR count). The molecule has 0 radical (unpaired) electrons. The number of likely N-dealkylation sites (tertiary alicyclic amines) is 1. The van der Waals surface area contributed by atoms with Crippen LogP contribution in [0.4, 0.5) is 0 Å². The van der Waals surface area contributed by atoms with Crippen molar-refractivity contribution < 1.29 is 4.79 Å². The van der Waals surface area contributed by atoms with Crippen LogP contribution in [0.3, 0.4) is 0 Å². The monoisotopic (exact) mass is 433 g/mol. The van der Waals surface area contributed by atoms with E-state index >= 15 is 0 Å². The van der Waals surface area contributed by atoms with Crippen LogP contribution in [-0.2, 0) is 0 Å². The van der Waals surface area contributed by atoms with Gasteiger partial charge < -0.3 is 10.2 Å². The molecule has 8 heteroatoms. The van der Waals surface area contributed by atoms with Gasteiger partial charge in [0, 0.05) is 29.1 Å². The van der Waals surface area contributed by atoms with Gasteiger partial charge in [-0.25, -0.2) is 4.98 Å². The Morgan fingerprint density at radius 1 is 1.19 bits per heavy atom. The second-order valence-corrected chi connectivity index (χ2v) is 7.89. The van der Waals surface area contributed by atoms with Crippen LogP contribution in [0.15, 0.2) is 29.6 Å². The highest BCUT2D eigenvalue weighted by atomic mass is 35.5. The van der Waals surface area contributed by atoms with Gasteiger partial charge >= 0.3 is 0 Å². The molecule has 0 spiro atoms. The van der Waals surface area contributed by atoms with Crippen LogP contribution < -0.4 is 5.32 Å². The smallest absolute Gasteiger partial charge is 0.273 e. The van der Waals surface area contributed by atoms with Gasteiger partial charge in [0.1, 0.15) is 10.7 Å². The fraction of sp³-hybridized carbons (Fsp3) is 0.444. The summed E-state index contributed by atoms with van der Waals surface area (Å²) in [6, 6.07) is 7.60. The van der Waals surface area contributed by atoms with Crippen LogP contribution in [-0.4, -0.2) is 42.0 Å². The Bertz CT molecular complexity index is 741. The van der Waals surface area contributed by atoms with Crippen LogP contribution in [0.1, 0.15) is 23.3 Å². The summed E-state index contributed by atoms with van der Waals surface area (Å²) in [6.45, 7) is 3.88. The molecule has 2 aliphatic rings. The van der Waals surface area contributed by atoms with E-state index in [1.165, 1.54) is 11.3 Å². The van der Waals surface area contributed by atoms with E-state index in [1.807, 2.05) is 34.5 Å². The molecule has 1 aromatic carbocycles. The number of carbonyl (C=O) groups is 1. The zero-order valence-corrected chi connectivity index (χ0v) is 17.4. The molecule has 3 heterocycles. The standard InChI is InChI=1S/C18H20ClN3OS.2ClH/c19-15-3-1-2-12(8-15)17-21-16(11-24-17)18(23)22-6-4-13-9-20-10-14(13)5-7-22;;/h1-3,8,11,13-14,20H,4-7,9-10H2;2*1H/t13-,14+;;. The fourth-order valence-corrected chi connectivity index (χ4v) is 4.69. The second-order valence-electron chi connectivity index (χ2n) is 6.60. The van der Waals surface area contributed by atoms with Gasteiger partial charge in [-0.2, -0.15) is 0 Å². The number of amides is 1. The van der Waals surface area contributed by atoms with Crippen molar-refractivity contribution >= 4 is 53.7 Å². The van der Waals surface area contributed by atoms with Gasteiger partial charge in [0.2, 0.25) is 0 Å². The minimum atomic E-state index is 0. The lowest BCUT2D eigenvalue weighted by molar-refractivity contribution is 0.0753. The molecule has 26 heavy (non-hydrogen) atoms. The van der Waals surface area contributed by atoms with Gasteiger partial charge in [-0.3, -0.25) is 4.79 Å². The average molecular weight is 435 g/mol. The molecule has 2 aromatic rings. The maximum atomic E-state index is 12.8. The number of aromatic nitrogens is 1. The SMILES string of the molecule is Cl.Cl.O=C(c1csc(-c2cccc(Cl)c2)n1)N1CC[C@@H]2CNC[C@@H]2CC1. The van der Waals surface area contributed by atoms with Crippen molar-refractivity contribution in [3.63, 3.8) is 0 Å². The molecule has 2 saturated heterocycles. The zero-order chi connectivity index (χ0) is 16.5. The van der Waals surface area contributed by atoms with E-state index in [0.29, 0.717) is 10.7 Å². The Morgan fingerprint density at radius 2 is 1.88 bits per heavy atom. The lowest BCUT2D eigenvalue weighted by atomic mass is 9.92. The van der Waals surface area contributed by atoms with Crippen molar-refractivity contribution in [1.82, 2.24) is 15.2 Å². The summed E-state index contributed by atoms with van der Waals surface area (Å²) >= 11 is 7.55. The first kappa shape index (κ1) is 21.5. The molecular weight excluding hydrogens is 413 g/mol. The quantitative estimate of drug-likeness (QED) is 0.763. The number of hydrogen-bond acceptors (Lipinski definition) is 4. The predicted octanol–water partition coefficient (Wildman–Crippen LogP) is 4.38. The first-order valence-electron chi connectivity index (χ1n) is 8.42. The Morgan fingerprint density at radius 3 is 2.54 bits per heavy atom. The molecule has 0 saturated carbocycles. The van der Waals surface area contributed by atoms with Gasteiger partial charge in [0.15, 0.2) is 0 Å². The van der Waals surface area contributed by atoms with Crippen LogP contribution in [0.5, 0.6) is 0 Å². The van der Waals surface area contributed by atoms with Crippen LogP contribution >= 0.6 is 47.8 Å². The third-order valence-electron chi connectivity index (χ3n) is 5.10. The molecule has 0 bridgehead atoms. The Labute approximate surface area is 175 Å². The molecule has 1 amide bonds. The third kappa shape index (κ3) is 4.52. The lowest BCUT2D eigenvalue weighted by Gasteiger charge is -2.19. The van der Waals surface area contributed by atoms with E-state index in [0.717, 1.165) is 61.4 Å². The van der Waals surface area contributed by atoms with Crippen molar-refractivity contribution in [2.24, 2.45) is 11.8 Å². The molecule has 1 N–H and O–H groups in total. The van der Waals surface area contributed by atoms with E-state index in [2.05, 4.69) is 10.3 Å². The topological polar surface area (TPSA) is 45.2 Å². The van der Waals surface area contributed by atoms with Crippen molar-refractivity contribution in [1.29, 1.82) is 0 Å². The number of nitrogens with one attached hydrogen (secondary N) is 1. The first-order valence-corrected chi connectivity index (χ1v) is 9.68. The van der Waals surface area contributed by atoms with E-state index in [9.17, 15) is 4.79 Å². The van der Waals surface area contributed by atoms with Crippen LogP contribution in [0.25, 0.3) is 10.6 Å². The van der Waals surface area contributed by atoms with E-state index in [4.69, 9.17) is 11.6 Å². The summed E-state index contributed by atoms with van der Waals surface area (Å²) < 4.78 is 0. The number of benzene rings is 1. The summed E-state index contributed by atoms with van der Waals surface area (Å²) in [5.74, 6) is 1.51. The second kappa shape index (κ2) is 9.38. The fourth-order valence-electron chi connectivity index (χ4n) is 3.71. The number of thiazole rings is 1. The number of nitrogens with zero attached hydrogens (tertiary/aromatic N) is 2. The van der Waals surface area contributed by atoms with Crippen molar-refractivity contribution in [3.8, 4) is 10.6 Å². The summed E-state index contributed by atoms with van der Waals surface area (Å²) in [5, 5.41) is 6.86. The molecule has 1 aromatic heterocycles. The Hall–Kier alpha value is -0.850. The molecule has 0 unspecified atom stereocenters. The summed E-state index contributed by atoms with van der Waals surface area (Å²) in [4.78, 5) is 19.3. The van der Waals surface area contributed by atoms with Crippen molar-refractivity contribution in [2.45, 2.75) is 12.8 Å². The Balaban J connectivity index is 0.00000121. The highest BCUT2D eigenvalue weighted by molar-refractivity contribution is 7.13. The first-order chi connectivity index (χ1) is 11.7. The molecule has 2 atom stereocenters. The van der Waals surface area contributed by atoms with Crippen LogP contribution in [0.2, 0.25) is 5.02 Å². The largest absolute Gasteiger partial charge is 0.337 e. The minimum absolute atomic E-state index is 0. The number of fused-ring (bicyclic) bond motifs is 1. The molecule has 2 fully saturated rings. The Kier molecular flexibility index (Phi) is 7.74. The van der Waals surface area contributed by atoms with E-state index in [-0.39, 0.29) is 30.7 Å². The van der Waals surface area contributed by atoms with Gasteiger partial charge in [-0.1, -0.05) is 23.7 Å². The molecule has 0 aliphatic carbocycles. The van der Waals surface area contributed by atoms with Gasteiger partial charge in [0.05, 0.1) is 0 Å². The highest BCUT2D eigenvalue weighted by Crippen LogP contribution is 2.29. The zero-order valence-electron chi connectivity index (χ0n) is 14.2. The maximum Gasteiger partial charge on any atom is 0.273 e. The van der Waals surface area contributed by atoms with E-state index in [1.54, 1.807) is 0 Å². The minimum Gasteiger partial charge on any atom is -0.337 e. The molecule has 2 aliphatic heterocycles. The average Bonchev–Trinajstić information content (AvgIpc) is 3.20. The molecule has 4 nitrogen and oxygen atoms in total. The van der Waals surface area contributed by atoms with Crippen molar-refractivity contribution in [3.05, 3.63) is 40.4 Å². The predicted molar refractivity (Wildman–Crippen MR) is 112 cm³/mol. The summed E-state index contributed by atoms with van der Waals surface area (Å²) in [7, 11) is 0. The van der Waals surface area contributed by atoms with Crippen molar-refractivity contribution in [2.75, 3.05) is 26.2 Å². The van der Waals surface area contributed by atoms with E-state index < -0.39 is 0 Å². The molecular formula is C18H22Cl3N3OS. The van der Waals surface area contributed by atoms with Gasteiger partial charge in [-0.15, -0.1) is 36.2 Å². The highest BCUT2D eigenvalue weighted by Gasteiger charge is 2.32. The number of rotatable bonds is 2. The van der Waals surface area contributed by atoms with Crippen LogP contribution in [0, 0.1) is 11.8 Å². The number of hydrogen-bond donors (Lipinski definition) is 1. The maximum absolute atomic E-state index is 12.8. The summed E-state index contributed by atoms with van der Waals surface area (Å²) in [6.07, 6.45) is 2.18. The lowest BCUT2D eigenvalue weighted by Crippen LogP contribution is -2.33. The summed E-state index contributed by atoms with van der Waals surface area (Å²) in [5.41, 5.74) is 1.52.